The van der Waals surface area contributed by atoms with Gasteiger partial charge in [0, 0.05) is 17.6 Å². The van der Waals surface area contributed by atoms with Crippen LogP contribution in [0.5, 0.6) is 0 Å². The highest BCUT2D eigenvalue weighted by molar-refractivity contribution is 7.92. The molecule has 0 aliphatic carbocycles. The highest BCUT2D eigenvalue weighted by Gasteiger charge is 2.38. The molecular formula is C15H22ClNO4S2. The van der Waals surface area contributed by atoms with Crippen molar-refractivity contribution in [2.45, 2.75) is 44.0 Å². The zero-order chi connectivity index (χ0) is 17.3. The first-order chi connectivity index (χ1) is 10.7. The first kappa shape index (κ1) is 18.7. The van der Waals surface area contributed by atoms with E-state index in [2.05, 4.69) is 0 Å². The van der Waals surface area contributed by atoms with Crippen molar-refractivity contribution in [1.82, 2.24) is 4.31 Å². The van der Waals surface area contributed by atoms with Gasteiger partial charge >= 0.3 is 0 Å². The molecule has 0 spiro atoms. The standard InChI is InChI=1S/C15H22ClNO4S2/c1-3-4-8-17(14-7-9-22(18,19)11-14)23(20,21)15-10-13(16)6-5-12(15)2/h5-6,10,14H,3-4,7-9,11H2,1-2H3/t14-/m1/s1. The molecule has 8 heteroatoms. The molecule has 1 atom stereocenters. The number of benzene rings is 1. The van der Waals surface area contributed by atoms with E-state index in [-0.39, 0.29) is 16.4 Å². The molecule has 0 saturated carbocycles. The van der Waals surface area contributed by atoms with Gasteiger partial charge in [0.2, 0.25) is 10.0 Å². The topological polar surface area (TPSA) is 71.5 Å². The van der Waals surface area contributed by atoms with Crippen LogP contribution < -0.4 is 0 Å². The van der Waals surface area contributed by atoms with Crippen LogP contribution in [-0.4, -0.2) is 45.2 Å². The summed E-state index contributed by atoms with van der Waals surface area (Å²) in [5.74, 6) is -0.0557. The van der Waals surface area contributed by atoms with Crippen molar-refractivity contribution < 1.29 is 16.8 Å². The molecule has 130 valence electrons. The molecule has 2 rings (SSSR count). The van der Waals surface area contributed by atoms with Crippen molar-refractivity contribution >= 4 is 31.5 Å². The second kappa shape index (κ2) is 7.09. The molecule has 0 N–H and O–H groups in total. The Balaban J connectivity index is 2.43. The van der Waals surface area contributed by atoms with Crippen molar-refractivity contribution in [3.63, 3.8) is 0 Å². The average Bonchev–Trinajstić information content (AvgIpc) is 2.81. The van der Waals surface area contributed by atoms with E-state index in [9.17, 15) is 16.8 Å². The number of sulfone groups is 1. The van der Waals surface area contributed by atoms with Gasteiger partial charge in [-0.05, 0) is 37.5 Å². The highest BCUT2D eigenvalue weighted by atomic mass is 35.5. The Kier molecular flexibility index (Phi) is 5.76. The summed E-state index contributed by atoms with van der Waals surface area (Å²) < 4.78 is 51.0. The molecule has 0 amide bonds. The number of aryl methyl sites for hydroxylation is 1. The summed E-state index contributed by atoms with van der Waals surface area (Å²) in [5.41, 5.74) is 0.608. The molecule has 1 fully saturated rings. The lowest BCUT2D eigenvalue weighted by Crippen LogP contribution is -2.41. The van der Waals surface area contributed by atoms with Gasteiger partial charge in [0.15, 0.2) is 9.84 Å². The molecule has 1 aromatic carbocycles. The molecule has 1 saturated heterocycles. The number of sulfonamides is 1. The number of rotatable bonds is 6. The van der Waals surface area contributed by atoms with Gasteiger partial charge in [-0.3, -0.25) is 0 Å². The average molecular weight is 380 g/mol. The maximum atomic E-state index is 13.1. The number of halogens is 1. The minimum atomic E-state index is -3.78. The van der Waals surface area contributed by atoms with E-state index >= 15 is 0 Å². The van der Waals surface area contributed by atoms with E-state index in [1.165, 1.54) is 10.4 Å². The number of unbranched alkanes of at least 4 members (excludes halogenated alkanes) is 1. The zero-order valence-electron chi connectivity index (χ0n) is 13.3. The van der Waals surface area contributed by atoms with Crippen LogP contribution in [0, 0.1) is 6.92 Å². The molecule has 0 aromatic heterocycles. The van der Waals surface area contributed by atoms with Crippen LogP contribution in [0.1, 0.15) is 31.7 Å². The monoisotopic (exact) mass is 379 g/mol. The third-order valence-corrected chi connectivity index (χ3v) is 8.16. The van der Waals surface area contributed by atoms with E-state index in [1.807, 2.05) is 6.92 Å². The van der Waals surface area contributed by atoms with Crippen LogP contribution in [0.3, 0.4) is 0 Å². The number of hydrogen-bond acceptors (Lipinski definition) is 4. The highest BCUT2D eigenvalue weighted by Crippen LogP contribution is 2.28. The molecule has 5 nitrogen and oxygen atoms in total. The summed E-state index contributed by atoms with van der Waals surface area (Å²) in [6.07, 6.45) is 1.88. The van der Waals surface area contributed by atoms with Crippen LogP contribution in [0.4, 0.5) is 0 Å². The summed E-state index contributed by atoms with van der Waals surface area (Å²) in [7, 11) is -6.93. The summed E-state index contributed by atoms with van der Waals surface area (Å²) in [6.45, 7) is 4.01. The quantitative estimate of drug-likeness (QED) is 0.761. The van der Waals surface area contributed by atoms with Crippen molar-refractivity contribution in [2.75, 3.05) is 18.1 Å². The van der Waals surface area contributed by atoms with Crippen molar-refractivity contribution in [2.24, 2.45) is 0 Å². The van der Waals surface area contributed by atoms with Gasteiger partial charge in [-0.2, -0.15) is 4.31 Å². The summed E-state index contributed by atoms with van der Waals surface area (Å²) >= 11 is 5.96. The molecule has 0 bridgehead atoms. The van der Waals surface area contributed by atoms with Crippen LogP contribution >= 0.6 is 11.6 Å². The predicted molar refractivity (Wildman–Crippen MR) is 92.0 cm³/mol. The van der Waals surface area contributed by atoms with Gasteiger partial charge in [0.05, 0.1) is 16.4 Å². The fourth-order valence-electron chi connectivity index (χ4n) is 2.79. The van der Waals surface area contributed by atoms with Crippen LogP contribution in [0.2, 0.25) is 5.02 Å². The molecule has 23 heavy (non-hydrogen) atoms. The molecule has 1 aromatic rings. The molecular weight excluding hydrogens is 358 g/mol. The van der Waals surface area contributed by atoms with E-state index < -0.39 is 25.9 Å². The normalized spacial score (nSPS) is 21.0. The van der Waals surface area contributed by atoms with Crippen molar-refractivity contribution in [3.8, 4) is 0 Å². The maximum absolute atomic E-state index is 13.1. The lowest BCUT2D eigenvalue weighted by Gasteiger charge is -2.28. The fraction of sp³-hybridized carbons (Fsp3) is 0.600. The smallest absolute Gasteiger partial charge is 0.229 e. The van der Waals surface area contributed by atoms with Crippen molar-refractivity contribution in [3.05, 3.63) is 28.8 Å². The first-order valence-electron chi connectivity index (χ1n) is 7.66. The minimum Gasteiger partial charge on any atom is -0.229 e. The van der Waals surface area contributed by atoms with Crippen LogP contribution in [0.25, 0.3) is 0 Å². The second-order valence-corrected chi connectivity index (χ2v) is 10.5. The summed E-state index contributed by atoms with van der Waals surface area (Å²) in [5, 5.41) is 0.351. The largest absolute Gasteiger partial charge is 0.243 e. The molecule has 1 aliphatic heterocycles. The van der Waals surface area contributed by atoms with Crippen LogP contribution in [0.15, 0.2) is 23.1 Å². The van der Waals surface area contributed by atoms with E-state index in [4.69, 9.17) is 11.6 Å². The van der Waals surface area contributed by atoms with Gasteiger partial charge in [-0.25, -0.2) is 16.8 Å². The van der Waals surface area contributed by atoms with Gasteiger partial charge in [0.25, 0.3) is 0 Å². The number of nitrogens with zero attached hydrogens (tertiary/aromatic N) is 1. The van der Waals surface area contributed by atoms with Gasteiger partial charge in [-0.15, -0.1) is 0 Å². The minimum absolute atomic E-state index is 0.0460. The lowest BCUT2D eigenvalue weighted by molar-refractivity contribution is 0.335. The molecule has 0 radical (unpaired) electrons. The van der Waals surface area contributed by atoms with E-state index in [0.29, 0.717) is 30.0 Å². The third-order valence-electron chi connectivity index (χ3n) is 4.08. The molecule has 0 unspecified atom stereocenters. The molecule has 1 aliphatic rings. The van der Waals surface area contributed by atoms with Gasteiger partial charge in [-0.1, -0.05) is 31.0 Å². The van der Waals surface area contributed by atoms with Gasteiger partial charge < -0.3 is 0 Å². The maximum Gasteiger partial charge on any atom is 0.243 e. The first-order valence-corrected chi connectivity index (χ1v) is 11.3. The predicted octanol–water partition coefficient (Wildman–Crippen LogP) is 2.63. The lowest BCUT2D eigenvalue weighted by atomic mass is 10.2. The van der Waals surface area contributed by atoms with E-state index in [0.717, 1.165) is 6.42 Å². The Morgan fingerprint density at radius 1 is 1.35 bits per heavy atom. The van der Waals surface area contributed by atoms with Crippen LogP contribution in [-0.2, 0) is 19.9 Å². The Hall–Kier alpha value is -0.630. The Morgan fingerprint density at radius 3 is 2.61 bits per heavy atom. The van der Waals surface area contributed by atoms with Gasteiger partial charge in [0.1, 0.15) is 0 Å². The molecule has 1 heterocycles. The van der Waals surface area contributed by atoms with Crippen molar-refractivity contribution in [1.29, 1.82) is 0 Å². The Bertz CT molecular complexity index is 775. The zero-order valence-corrected chi connectivity index (χ0v) is 15.7. The summed E-state index contributed by atoms with van der Waals surface area (Å²) in [6, 6.07) is 4.26. The summed E-state index contributed by atoms with van der Waals surface area (Å²) in [4.78, 5) is 0.158. The third kappa shape index (κ3) is 4.26. The fourth-order valence-corrected chi connectivity index (χ4v) is 6.80. The Labute approximate surface area is 143 Å². The van der Waals surface area contributed by atoms with E-state index in [1.54, 1.807) is 19.1 Å². The SMILES string of the molecule is CCCCN([C@@H]1CCS(=O)(=O)C1)S(=O)(=O)c1cc(Cl)ccc1C. The number of hydrogen-bond donors (Lipinski definition) is 0. The Morgan fingerprint density at radius 2 is 2.04 bits per heavy atom. The second-order valence-electron chi connectivity index (χ2n) is 5.94.